The van der Waals surface area contributed by atoms with Crippen molar-refractivity contribution < 1.29 is 13.2 Å². The molecule has 0 aliphatic heterocycles. The number of amides is 1. The van der Waals surface area contributed by atoms with Gasteiger partial charge in [-0.2, -0.15) is 0 Å². The van der Waals surface area contributed by atoms with Gasteiger partial charge in [-0.3, -0.25) is 4.79 Å². The summed E-state index contributed by atoms with van der Waals surface area (Å²) < 4.78 is 22.7. The first-order valence-corrected chi connectivity index (χ1v) is 7.87. The fourth-order valence-electron chi connectivity index (χ4n) is 1.66. The number of sulfone groups is 1. The molecule has 0 unspecified atom stereocenters. The molecule has 0 aliphatic carbocycles. The Morgan fingerprint density at radius 3 is 2.17 bits per heavy atom. The van der Waals surface area contributed by atoms with E-state index in [9.17, 15) is 13.2 Å². The summed E-state index contributed by atoms with van der Waals surface area (Å²) in [6.45, 7) is 3.78. The van der Waals surface area contributed by atoms with Crippen LogP contribution in [0, 0.1) is 0 Å². The predicted molar refractivity (Wildman–Crippen MR) is 71.0 cm³/mol. The molecule has 1 aromatic rings. The SMILES string of the molecule is CCC(=O)N[C@H](CC)c1ccc(S(C)(=O)=O)cc1. The Balaban J connectivity index is 2.92. The summed E-state index contributed by atoms with van der Waals surface area (Å²) in [5.41, 5.74) is 0.923. The molecule has 1 N–H and O–H groups in total. The maximum atomic E-state index is 11.4. The van der Waals surface area contributed by atoms with Gasteiger partial charge in [0.1, 0.15) is 0 Å². The van der Waals surface area contributed by atoms with Crippen LogP contribution in [0.2, 0.25) is 0 Å². The molecule has 4 nitrogen and oxygen atoms in total. The number of carbonyl (C=O) groups is 1. The lowest BCUT2D eigenvalue weighted by Gasteiger charge is -2.17. The van der Waals surface area contributed by atoms with Gasteiger partial charge in [0.25, 0.3) is 0 Å². The van der Waals surface area contributed by atoms with E-state index in [1.165, 1.54) is 6.26 Å². The maximum Gasteiger partial charge on any atom is 0.220 e. The van der Waals surface area contributed by atoms with Gasteiger partial charge in [0.05, 0.1) is 10.9 Å². The summed E-state index contributed by atoms with van der Waals surface area (Å²) in [6.07, 6.45) is 2.39. The monoisotopic (exact) mass is 269 g/mol. The standard InChI is InChI=1S/C13H19NO3S/c1-4-12(14-13(15)5-2)10-6-8-11(9-7-10)18(3,16)17/h6-9,12H,4-5H2,1-3H3,(H,14,15)/t12-/m1/s1. The Bertz CT molecular complexity index is 506. The van der Waals surface area contributed by atoms with E-state index in [2.05, 4.69) is 5.32 Å². The molecule has 5 heteroatoms. The number of rotatable bonds is 5. The Labute approximate surface area is 108 Å². The molecule has 0 fully saturated rings. The van der Waals surface area contributed by atoms with E-state index >= 15 is 0 Å². The molecule has 0 bridgehead atoms. The van der Waals surface area contributed by atoms with Crippen molar-refractivity contribution in [2.75, 3.05) is 6.26 Å². The molecule has 18 heavy (non-hydrogen) atoms. The van der Waals surface area contributed by atoms with Gasteiger partial charge in [-0.1, -0.05) is 26.0 Å². The number of hydrogen-bond donors (Lipinski definition) is 1. The Morgan fingerprint density at radius 1 is 1.22 bits per heavy atom. The van der Waals surface area contributed by atoms with Gasteiger partial charge in [0, 0.05) is 12.7 Å². The fourth-order valence-corrected chi connectivity index (χ4v) is 2.30. The average Bonchev–Trinajstić information content (AvgIpc) is 2.34. The summed E-state index contributed by atoms with van der Waals surface area (Å²) in [5.74, 6) is -0.00552. The molecule has 0 spiro atoms. The van der Waals surface area contributed by atoms with Crippen molar-refractivity contribution in [2.24, 2.45) is 0 Å². The normalized spacial score (nSPS) is 13.1. The van der Waals surface area contributed by atoms with Gasteiger partial charge >= 0.3 is 0 Å². The molecule has 1 atom stereocenters. The van der Waals surface area contributed by atoms with Crippen molar-refractivity contribution in [2.45, 2.75) is 37.6 Å². The van der Waals surface area contributed by atoms with Gasteiger partial charge in [-0.15, -0.1) is 0 Å². The van der Waals surface area contributed by atoms with Crippen LogP contribution in [0.3, 0.4) is 0 Å². The third kappa shape index (κ3) is 3.84. The molecule has 0 heterocycles. The van der Waals surface area contributed by atoms with Gasteiger partial charge in [-0.05, 0) is 24.1 Å². The van der Waals surface area contributed by atoms with Gasteiger partial charge in [0.2, 0.25) is 5.91 Å². The third-order valence-electron chi connectivity index (χ3n) is 2.78. The molecule has 0 aromatic heterocycles. The van der Waals surface area contributed by atoms with Crippen molar-refractivity contribution in [1.82, 2.24) is 5.32 Å². The van der Waals surface area contributed by atoms with Crippen molar-refractivity contribution in [3.05, 3.63) is 29.8 Å². The lowest BCUT2D eigenvalue weighted by Crippen LogP contribution is -2.27. The van der Waals surface area contributed by atoms with Gasteiger partial charge in [0.15, 0.2) is 9.84 Å². The summed E-state index contributed by atoms with van der Waals surface area (Å²) in [6, 6.07) is 6.59. The van der Waals surface area contributed by atoms with E-state index < -0.39 is 9.84 Å². The number of hydrogen-bond acceptors (Lipinski definition) is 3. The Morgan fingerprint density at radius 2 is 1.78 bits per heavy atom. The van der Waals surface area contributed by atoms with Crippen LogP contribution in [0.5, 0.6) is 0 Å². The van der Waals surface area contributed by atoms with Crippen molar-refractivity contribution >= 4 is 15.7 Å². The van der Waals surface area contributed by atoms with Crippen LogP contribution in [0.4, 0.5) is 0 Å². The highest BCUT2D eigenvalue weighted by atomic mass is 32.2. The number of carbonyl (C=O) groups excluding carboxylic acids is 1. The highest BCUT2D eigenvalue weighted by molar-refractivity contribution is 7.90. The largest absolute Gasteiger partial charge is 0.349 e. The highest BCUT2D eigenvalue weighted by Gasteiger charge is 2.13. The predicted octanol–water partition coefficient (Wildman–Crippen LogP) is 2.07. The van der Waals surface area contributed by atoms with Crippen LogP contribution in [-0.2, 0) is 14.6 Å². The zero-order valence-corrected chi connectivity index (χ0v) is 11.8. The first-order valence-electron chi connectivity index (χ1n) is 5.97. The summed E-state index contributed by atoms with van der Waals surface area (Å²) >= 11 is 0. The molecular weight excluding hydrogens is 250 g/mol. The highest BCUT2D eigenvalue weighted by Crippen LogP contribution is 2.19. The maximum absolute atomic E-state index is 11.4. The molecule has 100 valence electrons. The Hall–Kier alpha value is -1.36. The van der Waals surface area contributed by atoms with E-state index in [-0.39, 0.29) is 11.9 Å². The van der Waals surface area contributed by atoms with E-state index in [1.807, 2.05) is 6.92 Å². The minimum Gasteiger partial charge on any atom is -0.349 e. The molecule has 0 saturated carbocycles. The summed E-state index contributed by atoms with van der Waals surface area (Å²) in [7, 11) is -3.17. The van der Waals surface area contributed by atoms with Crippen LogP contribution >= 0.6 is 0 Å². The second kappa shape index (κ2) is 6.00. The number of nitrogens with one attached hydrogen (secondary N) is 1. The summed E-state index contributed by atoms with van der Waals surface area (Å²) in [5, 5.41) is 2.90. The topological polar surface area (TPSA) is 63.2 Å². The first-order chi connectivity index (χ1) is 8.38. The smallest absolute Gasteiger partial charge is 0.220 e. The molecule has 1 aromatic carbocycles. The van der Waals surface area contributed by atoms with E-state index in [4.69, 9.17) is 0 Å². The molecule has 1 rings (SSSR count). The van der Waals surface area contributed by atoms with Crippen LogP contribution in [0.1, 0.15) is 38.3 Å². The van der Waals surface area contributed by atoms with Crippen LogP contribution < -0.4 is 5.32 Å². The molecule has 0 aliphatic rings. The zero-order valence-electron chi connectivity index (χ0n) is 10.9. The van der Waals surface area contributed by atoms with Crippen molar-refractivity contribution in [1.29, 1.82) is 0 Å². The molecule has 0 saturated heterocycles. The fraction of sp³-hybridized carbons (Fsp3) is 0.462. The molecule has 0 radical (unpaired) electrons. The van der Waals surface area contributed by atoms with E-state index in [0.29, 0.717) is 11.3 Å². The minimum absolute atomic E-state index is 0.00552. The second-order valence-corrected chi connectivity index (χ2v) is 6.24. The quantitative estimate of drug-likeness (QED) is 0.890. The van der Waals surface area contributed by atoms with Crippen molar-refractivity contribution in [3.8, 4) is 0 Å². The average molecular weight is 269 g/mol. The molecular formula is C13H19NO3S. The van der Waals surface area contributed by atoms with E-state index in [1.54, 1.807) is 31.2 Å². The van der Waals surface area contributed by atoms with Crippen LogP contribution in [-0.4, -0.2) is 20.6 Å². The number of benzene rings is 1. The van der Waals surface area contributed by atoms with Crippen LogP contribution in [0.15, 0.2) is 29.2 Å². The van der Waals surface area contributed by atoms with Crippen molar-refractivity contribution in [3.63, 3.8) is 0 Å². The Kier molecular flexibility index (Phi) is 4.90. The van der Waals surface area contributed by atoms with Gasteiger partial charge in [-0.25, -0.2) is 8.42 Å². The second-order valence-electron chi connectivity index (χ2n) is 4.22. The first kappa shape index (κ1) is 14.7. The molecule has 1 amide bonds. The summed E-state index contributed by atoms with van der Waals surface area (Å²) in [4.78, 5) is 11.7. The minimum atomic E-state index is -3.17. The lowest BCUT2D eigenvalue weighted by molar-refractivity contribution is -0.121. The third-order valence-corrected chi connectivity index (χ3v) is 3.90. The van der Waals surface area contributed by atoms with Gasteiger partial charge < -0.3 is 5.32 Å². The lowest BCUT2D eigenvalue weighted by atomic mass is 10.0. The van der Waals surface area contributed by atoms with E-state index in [0.717, 1.165) is 12.0 Å². The zero-order chi connectivity index (χ0) is 13.8. The van der Waals surface area contributed by atoms with Crippen LogP contribution in [0.25, 0.3) is 0 Å².